The molecule has 1 saturated heterocycles. The fourth-order valence-electron chi connectivity index (χ4n) is 4.60. The molecule has 6 rings (SSSR count). The zero-order chi connectivity index (χ0) is 25.4. The number of nitrogens with zero attached hydrogens (tertiary/aromatic N) is 3. The maximum Gasteiger partial charge on any atom is 0.269 e. The monoisotopic (exact) mass is 541 g/mol. The van der Waals surface area contributed by atoms with E-state index < -0.39 is 0 Å². The molecular weight excluding hydrogens is 518 g/mol. The number of halogens is 1. The van der Waals surface area contributed by atoms with E-state index in [4.69, 9.17) is 16.6 Å². The van der Waals surface area contributed by atoms with Crippen LogP contribution in [-0.2, 0) is 11.2 Å². The molecule has 0 spiro atoms. The second kappa shape index (κ2) is 10.3. The molecule has 4 nitrogen and oxygen atoms in total. The normalized spacial score (nSPS) is 18.3. The molecule has 1 amide bonds. The van der Waals surface area contributed by atoms with Gasteiger partial charge >= 0.3 is 0 Å². The van der Waals surface area contributed by atoms with Crippen molar-refractivity contribution < 1.29 is 4.79 Å². The molecule has 4 aromatic rings. The van der Waals surface area contributed by atoms with Crippen LogP contribution in [-0.4, -0.2) is 29.1 Å². The van der Waals surface area contributed by atoms with Gasteiger partial charge in [-0.15, -0.1) is 0 Å². The first kappa shape index (κ1) is 24.2. The number of carbonyl (C=O) groups excluding carboxylic acids is 1. The molecule has 0 bridgehead atoms. The maximum absolute atomic E-state index is 13.9. The molecule has 184 valence electrons. The molecule has 1 fully saturated rings. The van der Waals surface area contributed by atoms with Crippen molar-refractivity contribution in [2.24, 2.45) is 4.99 Å². The lowest BCUT2D eigenvalue weighted by Crippen LogP contribution is -2.32. The van der Waals surface area contributed by atoms with Gasteiger partial charge in [0.1, 0.15) is 9.93 Å². The fraction of sp³-hybridized carbons (Fsp3) is 0.133. The van der Waals surface area contributed by atoms with Crippen LogP contribution in [0.3, 0.4) is 0 Å². The minimum absolute atomic E-state index is 0.000299. The number of aliphatic imine (C=N–C) groups is 1. The summed E-state index contributed by atoms with van der Waals surface area (Å²) in [5.41, 5.74) is 3.08. The van der Waals surface area contributed by atoms with Gasteiger partial charge in [-0.1, -0.05) is 84.0 Å². The van der Waals surface area contributed by atoms with Gasteiger partial charge in [0, 0.05) is 23.0 Å². The molecule has 0 unspecified atom stereocenters. The van der Waals surface area contributed by atoms with Gasteiger partial charge in [-0.25, -0.2) is 4.99 Å². The van der Waals surface area contributed by atoms with Crippen LogP contribution in [0.2, 0.25) is 5.02 Å². The average Bonchev–Trinajstić information content (AvgIpc) is 3.43. The Hall–Kier alpha value is -3.19. The Bertz CT molecular complexity index is 1570. The first-order valence-electron chi connectivity index (χ1n) is 12.2. The van der Waals surface area contributed by atoms with Crippen LogP contribution in [0.4, 0.5) is 11.4 Å². The van der Waals surface area contributed by atoms with Crippen LogP contribution < -0.4 is 4.90 Å². The molecule has 0 atom stereocenters. The molecule has 2 aliphatic rings. The van der Waals surface area contributed by atoms with E-state index in [1.54, 1.807) is 11.8 Å². The maximum atomic E-state index is 13.9. The third kappa shape index (κ3) is 4.77. The van der Waals surface area contributed by atoms with Crippen molar-refractivity contribution in [2.45, 2.75) is 18.2 Å². The van der Waals surface area contributed by atoms with Gasteiger partial charge in [0.15, 0.2) is 5.17 Å². The van der Waals surface area contributed by atoms with Gasteiger partial charge in [-0.2, -0.15) is 0 Å². The highest BCUT2D eigenvalue weighted by atomic mass is 35.5. The minimum atomic E-state index is 0.000299. The fourth-order valence-corrected chi connectivity index (χ4v) is 7.16. The van der Waals surface area contributed by atoms with Crippen molar-refractivity contribution in [1.82, 2.24) is 4.90 Å². The topological polar surface area (TPSA) is 35.9 Å². The second-order valence-corrected chi connectivity index (χ2v) is 11.3. The summed E-state index contributed by atoms with van der Waals surface area (Å²) in [6.45, 7) is 3.40. The van der Waals surface area contributed by atoms with E-state index in [1.165, 1.54) is 22.7 Å². The van der Waals surface area contributed by atoms with Crippen molar-refractivity contribution >= 4 is 68.3 Å². The zero-order valence-corrected chi connectivity index (χ0v) is 22.6. The standard InChI is InChI=1S/C30H24ClN3OS2/c1-2-33-25-19-23(31)13-15-26(25)36-29(33)27-28(35)34(17-16-20-8-4-3-5-9-20)30(37-27)32-24-14-12-21-10-6-7-11-22(21)18-24/h3-15,18-19H,2,16-17H2,1H3. The SMILES string of the molecule is CCN1C(=C2SC(=Nc3ccc4ccccc4c3)N(CCc3ccccc3)C2=O)Sc2ccc(Cl)cc21. The predicted octanol–water partition coefficient (Wildman–Crippen LogP) is 8.10. The van der Waals surface area contributed by atoms with Gasteiger partial charge in [0.05, 0.1) is 11.4 Å². The van der Waals surface area contributed by atoms with E-state index in [-0.39, 0.29) is 5.91 Å². The quantitative estimate of drug-likeness (QED) is 0.239. The second-order valence-electron chi connectivity index (χ2n) is 8.81. The van der Waals surface area contributed by atoms with Gasteiger partial charge in [0.2, 0.25) is 0 Å². The van der Waals surface area contributed by atoms with Crippen molar-refractivity contribution in [3.63, 3.8) is 0 Å². The Morgan fingerprint density at radius 2 is 1.62 bits per heavy atom. The molecule has 4 aromatic carbocycles. The number of amidine groups is 1. The number of fused-ring (bicyclic) bond motifs is 2. The van der Waals surface area contributed by atoms with Crippen molar-refractivity contribution in [3.05, 3.63) is 112 Å². The highest BCUT2D eigenvalue weighted by Gasteiger charge is 2.39. The van der Waals surface area contributed by atoms with Crippen LogP contribution in [0, 0.1) is 0 Å². The number of hydrogen-bond donors (Lipinski definition) is 0. The lowest BCUT2D eigenvalue weighted by molar-refractivity contribution is -0.122. The Morgan fingerprint density at radius 3 is 2.43 bits per heavy atom. The van der Waals surface area contributed by atoms with Crippen LogP contribution in [0.5, 0.6) is 0 Å². The number of anilines is 1. The minimum Gasteiger partial charge on any atom is -0.334 e. The Morgan fingerprint density at radius 1 is 0.838 bits per heavy atom. The smallest absolute Gasteiger partial charge is 0.269 e. The first-order chi connectivity index (χ1) is 18.1. The molecule has 37 heavy (non-hydrogen) atoms. The molecule has 0 N–H and O–H groups in total. The van der Waals surface area contributed by atoms with Crippen molar-refractivity contribution in [2.75, 3.05) is 18.0 Å². The summed E-state index contributed by atoms with van der Waals surface area (Å²) in [6.07, 6.45) is 0.757. The summed E-state index contributed by atoms with van der Waals surface area (Å²) in [6, 6.07) is 30.6. The highest BCUT2D eigenvalue weighted by Crippen LogP contribution is 2.51. The van der Waals surface area contributed by atoms with E-state index in [9.17, 15) is 4.79 Å². The third-order valence-corrected chi connectivity index (χ3v) is 9.08. The Kier molecular flexibility index (Phi) is 6.72. The third-order valence-electron chi connectivity index (χ3n) is 6.46. The summed E-state index contributed by atoms with van der Waals surface area (Å²) < 4.78 is 0. The van der Waals surface area contributed by atoms with Crippen LogP contribution in [0.25, 0.3) is 10.8 Å². The zero-order valence-electron chi connectivity index (χ0n) is 20.2. The van der Waals surface area contributed by atoms with Crippen LogP contribution in [0.1, 0.15) is 12.5 Å². The summed E-state index contributed by atoms with van der Waals surface area (Å²) in [4.78, 5) is 24.7. The lowest BCUT2D eigenvalue weighted by Gasteiger charge is -2.19. The van der Waals surface area contributed by atoms with Crippen LogP contribution >= 0.6 is 35.1 Å². The molecule has 2 aliphatic heterocycles. The van der Waals surface area contributed by atoms with Crippen LogP contribution in [0.15, 0.2) is 111 Å². The van der Waals surface area contributed by atoms with E-state index in [0.29, 0.717) is 21.6 Å². The highest BCUT2D eigenvalue weighted by molar-refractivity contribution is 8.19. The lowest BCUT2D eigenvalue weighted by atomic mass is 10.1. The predicted molar refractivity (Wildman–Crippen MR) is 158 cm³/mol. The number of rotatable bonds is 5. The molecule has 7 heteroatoms. The Labute approximate surface area is 230 Å². The van der Waals surface area contributed by atoms with Gasteiger partial charge in [0.25, 0.3) is 5.91 Å². The molecule has 0 aromatic heterocycles. The van der Waals surface area contributed by atoms with Gasteiger partial charge in [-0.05, 0) is 71.8 Å². The summed E-state index contributed by atoms with van der Waals surface area (Å²) >= 11 is 9.40. The van der Waals surface area contributed by atoms with Crippen molar-refractivity contribution in [1.29, 1.82) is 0 Å². The molecule has 0 saturated carbocycles. The number of carbonyl (C=O) groups is 1. The van der Waals surface area contributed by atoms with Gasteiger partial charge < -0.3 is 4.90 Å². The largest absolute Gasteiger partial charge is 0.334 e. The van der Waals surface area contributed by atoms with Gasteiger partial charge in [-0.3, -0.25) is 9.69 Å². The molecule has 0 radical (unpaired) electrons. The summed E-state index contributed by atoms with van der Waals surface area (Å²) in [5, 5.41) is 4.65. The first-order valence-corrected chi connectivity index (χ1v) is 14.2. The number of amides is 1. The number of thioether (sulfide) groups is 2. The van der Waals surface area contributed by atoms with E-state index in [0.717, 1.165) is 39.7 Å². The van der Waals surface area contributed by atoms with E-state index in [1.807, 2.05) is 59.5 Å². The number of benzene rings is 4. The molecule has 2 heterocycles. The number of hydrogen-bond acceptors (Lipinski definition) is 5. The Balaban J connectivity index is 1.39. The molecule has 0 aliphatic carbocycles. The van der Waals surface area contributed by atoms with E-state index in [2.05, 4.69) is 48.2 Å². The van der Waals surface area contributed by atoms with E-state index >= 15 is 0 Å². The molecular formula is C30H24ClN3OS2. The average molecular weight is 542 g/mol. The summed E-state index contributed by atoms with van der Waals surface area (Å²) in [7, 11) is 0. The van der Waals surface area contributed by atoms with Crippen molar-refractivity contribution in [3.8, 4) is 0 Å². The summed E-state index contributed by atoms with van der Waals surface area (Å²) in [5.74, 6) is 0.000299.